The summed E-state index contributed by atoms with van der Waals surface area (Å²) in [5.74, 6) is 4.35. The molecule has 4 nitrogen and oxygen atoms in total. The van der Waals surface area contributed by atoms with Gasteiger partial charge >= 0.3 is 0 Å². The highest BCUT2D eigenvalue weighted by molar-refractivity contribution is 8.14. The van der Waals surface area contributed by atoms with Crippen molar-refractivity contribution in [3.63, 3.8) is 0 Å². The summed E-state index contributed by atoms with van der Waals surface area (Å²) in [6.07, 6.45) is 11.2. The first-order valence-corrected chi connectivity index (χ1v) is 14.3. The number of nitrogens with zero attached hydrogens (tertiary/aromatic N) is 2. The number of aliphatic imine (C=N–C) groups is 1. The van der Waals surface area contributed by atoms with E-state index in [-0.39, 0.29) is 29.9 Å². The molecule has 6 heteroatoms. The summed E-state index contributed by atoms with van der Waals surface area (Å²) in [7, 11) is 0. The zero-order valence-electron chi connectivity index (χ0n) is 21.1. The van der Waals surface area contributed by atoms with E-state index in [4.69, 9.17) is 4.99 Å². The van der Waals surface area contributed by atoms with Crippen LogP contribution in [0.15, 0.2) is 29.3 Å². The third kappa shape index (κ3) is 5.61. The number of nitrogens with one attached hydrogen (secondary N) is 1. The maximum atomic E-state index is 12.9. The molecule has 0 aromatic heterocycles. The van der Waals surface area contributed by atoms with Crippen LogP contribution in [0.2, 0.25) is 0 Å². The average molecular weight is 504 g/mol. The van der Waals surface area contributed by atoms with Crippen LogP contribution in [0.5, 0.6) is 0 Å². The normalized spacial score (nSPS) is 32.9. The van der Waals surface area contributed by atoms with Gasteiger partial charge in [0.2, 0.25) is 5.91 Å². The molecule has 5 aliphatic rings. The largest absolute Gasteiger partial charge is 0.347 e. The minimum Gasteiger partial charge on any atom is -0.347 e. The summed E-state index contributed by atoms with van der Waals surface area (Å²) < 4.78 is 0. The molecule has 1 heterocycles. The Kier molecular flexibility index (Phi) is 8.24. The minimum atomic E-state index is 0. The van der Waals surface area contributed by atoms with Gasteiger partial charge in [-0.05, 0) is 86.3 Å². The molecule has 4 bridgehead atoms. The highest BCUT2D eigenvalue weighted by Crippen LogP contribution is 2.57. The Morgan fingerprint density at radius 1 is 1.12 bits per heavy atom. The lowest BCUT2D eigenvalue weighted by Gasteiger charge is -2.55. The Morgan fingerprint density at radius 2 is 1.74 bits per heavy atom. The van der Waals surface area contributed by atoms with Crippen molar-refractivity contribution in [2.75, 3.05) is 17.6 Å². The second kappa shape index (κ2) is 10.8. The topological polar surface area (TPSA) is 44.7 Å². The van der Waals surface area contributed by atoms with Crippen LogP contribution in [0.25, 0.3) is 0 Å². The molecule has 4 aliphatic carbocycles. The van der Waals surface area contributed by atoms with Crippen molar-refractivity contribution < 1.29 is 4.79 Å². The highest BCUT2D eigenvalue weighted by Gasteiger charge is 2.51. The zero-order valence-corrected chi connectivity index (χ0v) is 22.7. The maximum absolute atomic E-state index is 12.9. The zero-order chi connectivity index (χ0) is 23.0. The fourth-order valence-corrected chi connectivity index (χ4v) is 8.46. The Labute approximate surface area is 216 Å². The van der Waals surface area contributed by atoms with Crippen molar-refractivity contribution in [2.24, 2.45) is 22.7 Å². The van der Waals surface area contributed by atoms with Crippen LogP contribution < -0.4 is 5.32 Å². The summed E-state index contributed by atoms with van der Waals surface area (Å²) in [4.78, 5) is 21.0. The number of amidine groups is 1. The molecule has 4 saturated carbocycles. The van der Waals surface area contributed by atoms with E-state index in [2.05, 4.69) is 43.1 Å². The van der Waals surface area contributed by atoms with Crippen molar-refractivity contribution in [1.82, 2.24) is 4.90 Å². The van der Waals surface area contributed by atoms with E-state index < -0.39 is 0 Å². The summed E-state index contributed by atoms with van der Waals surface area (Å²) in [6, 6.07) is 8.56. The lowest BCUT2D eigenvalue weighted by atomic mass is 9.53. The monoisotopic (exact) mass is 503 g/mol. The number of benzene rings is 1. The van der Waals surface area contributed by atoms with Gasteiger partial charge in [0, 0.05) is 30.4 Å². The molecule has 5 fully saturated rings. The number of hydrogen-bond acceptors (Lipinski definition) is 3. The molecule has 1 N–H and O–H groups in total. The van der Waals surface area contributed by atoms with Gasteiger partial charge in [-0.3, -0.25) is 9.79 Å². The van der Waals surface area contributed by atoms with Crippen molar-refractivity contribution in [1.29, 1.82) is 0 Å². The van der Waals surface area contributed by atoms with Gasteiger partial charge in [0.15, 0.2) is 5.17 Å². The Morgan fingerprint density at radius 3 is 2.29 bits per heavy atom. The van der Waals surface area contributed by atoms with Crippen LogP contribution in [0.3, 0.4) is 0 Å². The van der Waals surface area contributed by atoms with Crippen molar-refractivity contribution in [3.8, 4) is 0 Å². The van der Waals surface area contributed by atoms with Gasteiger partial charge in [0.25, 0.3) is 0 Å². The summed E-state index contributed by atoms with van der Waals surface area (Å²) >= 11 is 1.91. The quantitative estimate of drug-likeness (QED) is 0.411. The van der Waals surface area contributed by atoms with E-state index >= 15 is 0 Å². The number of carbonyl (C=O) groups excluding carboxylic acids is 1. The molecule has 1 atom stereocenters. The van der Waals surface area contributed by atoms with Crippen LogP contribution in [0.1, 0.15) is 90.0 Å². The number of carbonyl (C=O) groups is 1. The van der Waals surface area contributed by atoms with Crippen LogP contribution in [0.4, 0.5) is 5.69 Å². The molecule has 1 amide bonds. The molecule has 34 heavy (non-hydrogen) atoms. The molecule has 0 radical (unpaired) electrons. The number of unbranched alkanes of at least 4 members (excludes halogenated alkanes) is 1. The van der Waals surface area contributed by atoms with Crippen LogP contribution >= 0.6 is 24.2 Å². The number of amides is 1. The van der Waals surface area contributed by atoms with E-state index in [1.807, 2.05) is 23.9 Å². The summed E-state index contributed by atoms with van der Waals surface area (Å²) in [6.45, 7) is 7.66. The minimum absolute atomic E-state index is 0. The predicted octanol–water partition coefficient (Wildman–Crippen LogP) is 7.10. The molecule has 6 rings (SSSR count). The fourth-order valence-electron chi connectivity index (χ4n) is 7.15. The predicted molar refractivity (Wildman–Crippen MR) is 147 cm³/mol. The average Bonchev–Trinajstić information content (AvgIpc) is 3.11. The van der Waals surface area contributed by atoms with E-state index in [1.165, 1.54) is 55.7 Å². The Bertz CT molecular complexity index is 849. The number of halogens is 1. The molecule has 1 aromatic carbocycles. The van der Waals surface area contributed by atoms with Crippen molar-refractivity contribution >= 4 is 40.9 Å². The molecule has 0 spiro atoms. The van der Waals surface area contributed by atoms with Crippen LogP contribution in [-0.2, 0) is 4.79 Å². The summed E-state index contributed by atoms with van der Waals surface area (Å²) in [5, 5.41) is 4.38. The van der Waals surface area contributed by atoms with Gasteiger partial charge in [-0.15, -0.1) is 12.4 Å². The third-order valence-electron chi connectivity index (χ3n) is 8.46. The number of anilines is 1. The van der Waals surface area contributed by atoms with Crippen molar-refractivity contribution in [2.45, 2.75) is 96.1 Å². The first kappa shape index (κ1) is 25.9. The van der Waals surface area contributed by atoms with Crippen molar-refractivity contribution in [3.05, 3.63) is 29.8 Å². The first-order valence-electron chi connectivity index (χ1n) is 13.3. The molecule has 1 unspecified atom stereocenters. The van der Waals surface area contributed by atoms with E-state index in [0.717, 1.165) is 42.2 Å². The van der Waals surface area contributed by atoms with Gasteiger partial charge in [-0.25, -0.2) is 0 Å². The molecule has 1 saturated heterocycles. The van der Waals surface area contributed by atoms with E-state index in [9.17, 15) is 4.79 Å². The molecular formula is C28H42ClN3OS. The standard InChI is InChI=1S/C28H41N3OS.ClH/c1-4-5-10-31-25(14-26(32)29-24-8-6-23(7-9-24)19(2)3)18-33-27(31)30-28-15-20-11-21(16-28)13-22(12-20)17-28;/h6-9,19-22,25H,4-5,10-18H2,1-3H3,(H,29,32);1H/b30-27-;. The van der Waals surface area contributed by atoms with Gasteiger partial charge in [0.1, 0.15) is 0 Å². The molecular weight excluding hydrogens is 462 g/mol. The number of thioether (sulfide) groups is 1. The smallest absolute Gasteiger partial charge is 0.226 e. The lowest BCUT2D eigenvalue weighted by molar-refractivity contribution is -0.116. The second-order valence-corrected chi connectivity index (χ2v) is 12.6. The van der Waals surface area contributed by atoms with Crippen LogP contribution in [0, 0.1) is 17.8 Å². The number of hydrogen-bond donors (Lipinski definition) is 1. The third-order valence-corrected chi connectivity index (χ3v) is 9.60. The fraction of sp³-hybridized carbons (Fsp3) is 0.714. The Hall–Kier alpha value is -1.20. The lowest BCUT2D eigenvalue weighted by Crippen LogP contribution is -2.50. The van der Waals surface area contributed by atoms with Gasteiger partial charge in [-0.2, -0.15) is 0 Å². The van der Waals surface area contributed by atoms with E-state index in [1.54, 1.807) is 0 Å². The SMILES string of the molecule is CCCCN1/C(=N/C23CC4CC(CC(C4)C2)C3)SCC1CC(=O)Nc1ccc(C(C)C)cc1.Cl. The maximum Gasteiger partial charge on any atom is 0.226 e. The highest BCUT2D eigenvalue weighted by atomic mass is 35.5. The second-order valence-electron chi connectivity index (χ2n) is 11.6. The Balaban J connectivity index is 0.00000274. The van der Waals surface area contributed by atoms with E-state index in [0.29, 0.717) is 12.3 Å². The van der Waals surface area contributed by atoms with Gasteiger partial charge < -0.3 is 10.2 Å². The molecule has 1 aromatic rings. The number of rotatable bonds is 8. The first-order chi connectivity index (χ1) is 15.9. The molecule has 188 valence electrons. The van der Waals surface area contributed by atoms with Crippen LogP contribution in [-0.4, -0.2) is 39.9 Å². The van der Waals surface area contributed by atoms with Gasteiger partial charge in [0.05, 0.1) is 5.54 Å². The molecule has 1 aliphatic heterocycles. The summed E-state index contributed by atoms with van der Waals surface area (Å²) in [5.41, 5.74) is 2.41. The van der Waals surface area contributed by atoms with Gasteiger partial charge in [-0.1, -0.05) is 51.1 Å².